The van der Waals surface area contributed by atoms with Gasteiger partial charge in [0.05, 0.1) is 0 Å². The van der Waals surface area contributed by atoms with Gasteiger partial charge in [0.15, 0.2) is 6.10 Å². The lowest BCUT2D eigenvalue weighted by Crippen LogP contribution is -2.63. The topological polar surface area (TPSA) is 148 Å². The van der Waals surface area contributed by atoms with Gasteiger partial charge in [0.1, 0.15) is 30.5 Å². The molecule has 0 aliphatic heterocycles. The van der Waals surface area contributed by atoms with Crippen molar-refractivity contribution < 1.29 is 39.5 Å². The molecule has 1 fully saturated rings. The summed E-state index contributed by atoms with van der Waals surface area (Å²) in [6.07, 6.45) is -10.4. The van der Waals surface area contributed by atoms with Gasteiger partial charge >= 0.3 is 8.25 Å². The first-order chi connectivity index (χ1) is 6.86. The third-order valence-corrected chi connectivity index (χ3v) is 2.71. The second kappa shape index (κ2) is 4.77. The van der Waals surface area contributed by atoms with Crippen molar-refractivity contribution in [2.45, 2.75) is 36.6 Å². The lowest BCUT2D eigenvalue weighted by atomic mass is 9.85. The van der Waals surface area contributed by atoms with Gasteiger partial charge in [-0.2, -0.15) is 0 Å². The summed E-state index contributed by atoms with van der Waals surface area (Å²) in [5.41, 5.74) is 0. The highest BCUT2D eigenvalue weighted by Gasteiger charge is 2.52. The molecule has 0 heterocycles. The second-order valence-corrected chi connectivity index (χ2v) is 3.95. The van der Waals surface area contributed by atoms with E-state index in [2.05, 4.69) is 4.52 Å². The fourth-order valence-corrected chi connectivity index (χ4v) is 1.88. The first-order valence-corrected chi connectivity index (χ1v) is 5.22. The molecule has 0 aromatic rings. The first-order valence-electron chi connectivity index (χ1n) is 4.09. The summed E-state index contributed by atoms with van der Waals surface area (Å²) in [4.78, 5) is 8.42. The van der Waals surface area contributed by atoms with E-state index in [9.17, 15) is 25.0 Å². The molecule has 88 valence electrons. The Morgan fingerprint density at radius 2 is 1.13 bits per heavy atom. The van der Waals surface area contributed by atoms with E-state index < -0.39 is 44.9 Å². The smallest absolute Gasteiger partial charge is 0.387 e. The van der Waals surface area contributed by atoms with Crippen LogP contribution in [-0.4, -0.2) is 67.0 Å². The van der Waals surface area contributed by atoms with Crippen LogP contribution in [0.2, 0.25) is 0 Å². The predicted molar refractivity (Wildman–Crippen MR) is 44.7 cm³/mol. The highest BCUT2D eigenvalue weighted by atomic mass is 31.1. The largest absolute Gasteiger partial charge is 0.695 e. The van der Waals surface area contributed by atoms with Crippen LogP contribution in [0, 0.1) is 0 Å². The fourth-order valence-electron chi connectivity index (χ4n) is 1.43. The van der Waals surface area contributed by atoms with Crippen LogP contribution in [0.15, 0.2) is 0 Å². The van der Waals surface area contributed by atoms with E-state index in [-0.39, 0.29) is 0 Å². The zero-order valence-electron chi connectivity index (χ0n) is 7.41. The molecule has 0 saturated heterocycles. The van der Waals surface area contributed by atoms with E-state index in [1.807, 2.05) is 0 Å². The molecule has 0 spiro atoms. The summed E-state index contributed by atoms with van der Waals surface area (Å²) >= 11 is 0. The SMILES string of the molecule is O=[P+](O)OC1C(O)C(O)C(O)C(O)C1O. The van der Waals surface area contributed by atoms with E-state index in [4.69, 9.17) is 10.00 Å². The van der Waals surface area contributed by atoms with Crippen molar-refractivity contribution in [1.82, 2.24) is 0 Å². The van der Waals surface area contributed by atoms with Gasteiger partial charge in [-0.05, 0) is 0 Å². The van der Waals surface area contributed by atoms with Crippen LogP contribution in [-0.2, 0) is 9.09 Å². The molecule has 0 radical (unpaired) electrons. The highest BCUT2D eigenvalue weighted by Crippen LogP contribution is 2.29. The van der Waals surface area contributed by atoms with Crippen molar-refractivity contribution in [1.29, 1.82) is 0 Å². The molecular weight excluding hydrogens is 231 g/mol. The van der Waals surface area contributed by atoms with Crippen molar-refractivity contribution in [2.24, 2.45) is 0 Å². The maximum atomic E-state index is 10.3. The van der Waals surface area contributed by atoms with Gasteiger partial charge in [-0.25, -0.2) is 0 Å². The Hall–Kier alpha value is -0.180. The molecule has 0 aromatic heterocycles. The second-order valence-electron chi connectivity index (χ2n) is 3.26. The van der Waals surface area contributed by atoms with Crippen LogP contribution in [0.1, 0.15) is 0 Å². The molecule has 1 aliphatic carbocycles. The summed E-state index contributed by atoms with van der Waals surface area (Å²) in [6, 6.07) is 0. The van der Waals surface area contributed by atoms with Gasteiger partial charge < -0.3 is 25.5 Å². The van der Waals surface area contributed by atoms with Crippen molar-refractivity contribution in [3.05, 3.63) is 0 Å². The number of hydrogen-bond donors (Lipinski definition) is 6. The summed E-state index contributed by atoms with van der Waals surface area (Å²) < 4.78 is 14.6. The molecule has 0 aromatic carbocycles. The van der Waals surface area contributed by atoms with Gasteiger partial charge in [-0.3, -0.25) is 0 Å². The molecule has 5 atom stereocenters. The Balaban J connectivity index is 2.81. The van der Waals surface area contributed by atoms with E-state index in [1.54, 1.807) is 0 Å². The Bertz CT molecular complexity index is 231. The third-order valence-electron chi connectivity index (χ3n) is 2.28. The van der Waals surface area contributed by atoms with Crippen molar-refractivity contribution in [3.8, 4) is 0 Å². The molecule has 5 unspecified atom stereocenters. The van der Waals surface area contributed by atoms with Crippen LogP contribution in [0.3, 0.4) is 0 Å². The van der Waals surface area contributed by atoms with Crippen molar-refractivity contribution in [2.75, 3.05) is 0 Å². The maximum Gasteiger partial charge on any atom is 0.695 e. The van der Waals surface area contributed by atoms with Crippen molar-refractivity contribution >= 4 is 8.25 Å². The number of aliphatic hydroxyl groups is 5. The monoisotopic (exact) mass is 243 g/mol. The van der Waals surface area contributed by atoms with Crippen LogP contribution in [0.5, 0.6) is 0 Å². The normalized spacial score (nSPS) is 47.7. The van der Waals surface area contributed by atoms with Crippen molar-refractivity contribution in [3.63, 3.8) is 0 Å². The molecule has 1 rings (SSSR count). The zero-order chi connectivity index (χ0) is 11.7. The van der Waals surface area contributed by atoms with Crippen LogP contribution in [0.25, 0.3) is 0 Å². The van der Waals surface area contributed by atoms with Crippen LogP contribution >= 0.6 is 8.25 Å². The first kappa shape index (κ1) is 12.9. The lowest BCUT2D eigenvalue weighted by Gasteiger charge is -2.38. The Morgan fingerprint density at radius 3 is 1.47 bits per heavy atom. The maximum absolute atomic E-state index is 10.3. The Morgan fingerprint density at radius 1 is 0.800 bits per heavy atom. The van der Waals surface area contributed by atoms with Crippen LogP contribution < -0.4 is 0 Å². The minimum atomic E-state index is -3.10. The average Bonchev–Trinajstić information content (AvgIpc) is 2.18. The number of rotatable bonds is 2. The standard InChI is InChI=1S/C6H11O8P/c7-1-2(8)4(10)6(14-15(12)13)5(11)3(1)9/h1-11H/p+1. The molecule has 1 saturated carbocycles. The molecule has 15 heavy (non-hydrogen) atoms. The lowest BCUT2D eigenvalue weighted by molar-refractivity contribution is -0.217. The summed E-state index contributed by atoms with van der Waals surface area (Å²) in [6.45, 7) is 0. The molecule has 0 bridgehead atoms. The van der Waals surface area contributed by atoms with E-state index in [1.165, 1.54) is 0 Å². The van der Waals surface area contributed by atoms with E-state index in [0.717, 1.165) is 0 Å². The number of aliphatic hydroxyl groups excluding tert-OH is 5. The molecule has 0 amide bonds. The Kier molecular flexibility index (Phi) is 4.10. The quantitative estimate of drug-likeness (QED) is 0.278. The zero-order valence-corrected chi connectivity index (χ0v) is 8.31. The molecule has 6 N–H and O–H groups in total. The predicted octanol–water partition coefficient (Wildman–Crippen LogP) is -3.16. The average molecular weight is 243 g/mol. The minimum absolute atomic E-state index is 1.63. The molecular formula is C6H12O8P+. The summed E-state index contributed by atoms with van der Waals surface area (Å²) in [5.74, 6) is 0. The van der Waals surface area contributed by atoms with Gasteiger partial charge in [-0.1, -0.05) is 0 Å². The fraction of sp³-hybridized carbons (Fsp3) is 1.00. The van der Waals surface area contributed by atoms with Gasteiger partial charge in [0.25, 0.3) is 0 Å². The van der Waals surface area contributed by atoms with E-state index >= 15 is 0 Å². The highest BCUT2D eigenvalue weighted by molar-refractivity contribution is 7.32. The van der Waals surface area contributed by atoms with Gasteiger partial charge in [0, 0.05) is 4.57 Å². The molecule has 1 aliphatic rings. The molecule has 8 nitrogen and oxygen atoms in total. The van der Waals surface area contributed by atoms with E-state index in [0.29, 0.717) is 0 Å². The minimum Gasteiger partial charge on any atom is -0.387 e. The third kappa shape index (κ3) is 2.49. The van der Waals surface area contributed by atoms with Crippen LogP contribution in [0.4, 0.5) is 0 Å². The molecule has 9 heteroatoms. The summed E-state index contributed by atoms with van der Waals surface area (Å²) in [5, 5.41) is 46.1. The van der Waals surface area contributed by atoms with Gasteiger partial charge in [-0.15, -0.1) is 9.42 Å². The number of hydrogen-bond acceptors (Lipinski definition) is 7. The summed E-state index contributed by atoms with van der Waals surface area (Å²) in [7, 11) is -3.10. The van der Waals surface area contributed by atoms with Gasteiger partial charge in [0.2, 0.25) is 0 Å². The Labute approximate surface area is 85.3 Å².